The van der Waals surface area contributed by atoms with Crippen LogP contribution in [0, 0.1) is 6.92 Å². The van der Waals surface area contributed by atoms with Gasteiger partial charge in [-0.25, -0.2) is 9.59 Å². The lowest BCUT2D eigenvalue weighted by molar-refractivity contribution is -0.140. The number of hydrogen-bond acceptors (Lipinski definition) is 5. The van der Waals surface area contributed by atoms with E-state index < -0.39 is 12.0 Å². The molecule has 2 N–H and O–H groups in total. The van der Waals surface area contributed by atoms with E-state index in [0.717, 1.165) is 12.0 Å². The lowest BCUT2D eigenvalue weighted by atomic mass is 9.94. The number of allylic oxidation sites excluding steroid dienone is 1. The van der Waals surface area contributed by atoms with E-state index in [1.165, 1.54) is 7.11 Å². The Bertz CT molecular complexity index is 1060. The molecular weight excluding hydrogens is 434 g/mol. The van der Waals surface area contributed by atoms with Crippen LogP contribution in [0.15, 0.2) is 59.8 Å². The van der Waals surface area contributed by atoms with Crippen molar-refractivity contribution in [2.45, 2.75) is 33.2 Å². The van der Waals surface area contributed by atoms with Crippen molar-refractivity contribution in [1.29, 1.82) is 0 Å². The van der Waals surface area contributed by atoms with Gasteiger partial charge in [0.2, 0.25) is 0 Å². The summed E-state index contributed by atoms with van der Waals surface area (Å²) in [4.78, 5) is 39.8. The molecule has 1 unspecified atom stereocenters. The van der Waals surface area contributed by atoms with E-state index in [2.05, 4.69) is 10.6 Å². The van der Waals surface area contributed by atoms with Gasteiger partial charge in [0.15, 0.2) is 0 Å². The number of rotatable bonds is 9. The number of anilines is 1. The van der Waals surface area contributed by atoms with Crippen molar-refractivity contribution in [2.75, 3.05) is 32.2 Å². The maximum atomic E-state index is 12.9. The van der Waals surface area contributed by atoms with Crippen LogP contribution in [-0.2, 0) is 14.3 Å². The van der Waals surface area contributed by atoms with Crippen molar-refractivity contribution in [3.8, 4) is 0 Å². The Labute approximate surface area is 199 Å². The average Bonchev–Trinajstić information content (AvgIpc) is 2.82. The minimum Gasteiger partial charge on any atom is -0.460 e. The van der Waals surface area contributed by atoms with Crippen LogP contribution in [-0.4, -0.2) is 49.7 Å². The highest BCUT2D eigenvalue weighted by Crippen LogP contribution is 2.32. The second-order valence-corrected chi connectivity index (χ2v) is 8.10. The van der Waals surface area contributed by atoms with Gasteiger partial charge in [-0.2, -0.15) is 0 Å². The van der Waals surface area contributed by atoms with Gasteiger partial charge in [-0.1, -0.05) is 36.8 Å². The maximum absolute atomic E-state index is 12.9. The van der Waals surface area contributed by atoms with E-state index in [1.807, 2.05) is 26.0 Å². The van der Waals surface area contributed by atoms with Crippen molar-refractivity contribution in [1.82, 2.24) is 10.2 Å². The zero-order chi connectivity index (χ0) is 24.7. The van der Waals surface area contributed by atoms with E-state index in [0.29, 0.717) is 34.6 Å². The Morgan fingerprint density at radius 3 is 2.32 bits per heavy atom. The number of nitrogens with one attached hydrogen (secondary N) is 2. The first-order valence-corrected chi connectivity index (χ1v) is 11.3. The monoisotopic (exact) mass is 465 g/mol. The van der Waals surface area contributed by atoms with Crippen LogP contribution in [0.2, 0.25) is 0 Å². The van der Waals surface area contributed by atoms with E-state index in [1.54, 1.807) is 48.2 Å². The summed E-state index contributed by atoms with van der Waals surface area (Å²) in [6, 6.07) is 13.4. The smallest absolute Gasteiger partial charge is 0.338 e. The molecule has 0 aliphatic carbocycles. The first-order chi connectivity index (χ1) is 16.3. The van der Waals surface area contributed by atoms with E-state index in [4.69, 9.17) is 9.47 Å². The fourth-order valence-corrected chi connectivity index (χ4v) is 3.75. The third-order valence-corrected chi connectivity index (χ3v) is 5.60. The number of methoxy groups -OCH3 is 1. The first-order valence-electron chi connectivity index (χ1n) is 11.3. The minimum absolute atomic E-state index is 0.116. The quantitative estimate of drug-likeness (QED) is 0.428. The number of nitrogens with zero attached hydrogens (tertiary/aromatic N) is 1. The zero-order valence-corrected chi connectivity index (χ0v) is 20.0. The normalized spacial score (nSPS) is 15.7. The molecule has 3 amide bonds. The highest BCUT2D eigenvalue weighted by molar-refractivity contribution is 6.04. The number of esters is 1. The van der Waals surface area contributed by atoms with Crippen molar-refractivity contribution < 1.29 is 23.9 Å². The van der Waals surface area contributed by atoms with Gasteiger partial charge < -0.3 is 20.1 Å². The highest BCUT2D eigenvalue weighted by Gasteiger charge is 2.36. The molecule has 2 aromatic rings. The summed E-state index contributed by atoms with van der Waals surface area (Å²) < 4.78 is 10.4. The predicted molar refractivity (Wildman–Crippen MR) is 129 cm³/mol. The molecule has 0 fully saturated rings. The van der Waals surface area contributed by atoms with Gasteiger partial charge in [0, 0.05) is 30.6 Å². The molecule has 180 valence electrons. The molecule has 1 heterocycles. The Morgan fingerprint density at radius 2 is 1.71 bits per heavy atom. The molecule has 34 heavy (non-hydrogen) atoms. The molecule has 8 heteroatoms. The van der Waals surface area contributed by atoms with Crippen molar-refractivity contribution in [3.63, 3.8) is 0 Å². The molecule has 8 nitrogen and oxygen atoms in total. The topological polar surface area (TPSA) is 97.0 Å². The molecular formula is C26H31N3O5. The molecule has 1 aliphatic rings. The Hall–Kier alpha value is -3.65. The molecule has 1 atom stereocenters. The Morgan fingerprint density at radius 1 is 1.03 bits per heavy atom. The number of urea groups is 1. The van der Waals surface area contributed by atoms with Crippen LogP contribution in [0.1, 0.15) is 47.8 Å². The van der Waals surface area contributed by atoms with Gasteiger partial charge in [0.05, 0.1) is 18.2 Å². The summed E-state index contributed by atoms with van der Waals surface area (Å²) in [6.07, 6.45) is 0.747. The number of ether oxygens (including phenoxy) is 2. The summed E-state index contributed by atoms with van der Waals surface area (Å²) in [5.74, 6) is -0.718. The molecule has 3 rings (SSSR count). The average molecular weight is 466 g/mol. The lowest BCUT2D eigenvalue weighted by Gasteiger charge is -2.35. The van der Waals surface area contributed by atoms with Crippen molar-refractivity contribution in [2.24, 2.45) is 0 Å². The van der Waals surface area contributed by atoms with Gasteiger partial charge in [-0.15, -0.1) is 0 Å². The summed E-state index contributed by atoms with van der Waals surface area (Å²) in [5, 5.41) is 5.79. The molecule has 2 aromatic carbocycles. The number of amides is 3. The SMILES string of the molecule is CCCN1C(=O)NC(c2ccc(NC(=O)c3ccc(C)cc3)cc2)C(C(=O)OCCOC)=C1C. The molecule has 0 saturated carbocycles. The fraction of sp³-hybridized carbons (Fsp3) is 0.346. The number of carbonyl (C=O) groups is 3. The van der Waals surface area contributed by atoms with Crippen LogP contribution < -0.4 is 10.6 Å². The maximum Gasteiger partial charge on any atom is 0.338 e. The third kappa shape index (κ3) is 5.82. The molecule has 0 saturated heterocycles. The zero-order valence-electron chi connectivity index (χ0n) is 20.0. The van der Waals surface area contributed by atoms with Crippen LogP contribution in [0.25, 0.3) is 0 Å². The Kier molecular flexibility index (Phi) is 8.43. The predicted octanol–water partition coefficient (Wildman–Crippen LogP) is 4.19. The van der Waals surface area contributed by atoms with Crippen LogP contribution in [0.3, 0.4) is 0 Å². The van der Waals surface area contributed by atoms with E-state index in [-0.39, 0.29) is 25.2 Å². The summed E-state index contributed by atoms with van der Waals surface area (Å²) in [5.41, 5.74) is 3.89. The molecule has 0 spiro atoms. The summed E-state index contributed by atoms with van der Waals surface area (Å²) in [6.45, 7) is 6.57. The largest absolute Gasteiger partial charge is 0.460 e. The summed E-state index contributed by atoms with van der Waals surface area (Å²) >= 11 is 0. The molecule has 0 bridgehead atoms. The first kappa shape index (κ1) is 25.0. The van der Waals surface area contributed by atoms with E-state index >= 15 is 0 Å². The second kappa shape index (κ2) is 11.5. The number of aryl methyl sites for hydroxylation is 1. The van der Waals surface area contributed by atoms with Crippen molar-refractivity contribution >= 4 is 23.6 Å². The summed E-state index contributed by atoms with van der Waals surface area (Å²) in [7, 11) is 1.53. The van der Waals surface area contributed by atoms with E-state index in [9.17, 15) is 14.4 Å². The van der Waals surface area contributed by atoms with Gasteiger partial charge in [0.1, 0.15) is 6.61 Å². The van der Waals surface area contributed by atoms with Gasteiger partial charge in [0.25, 0.3) is 5.91 Å². The Balaban J connectivity index is 1.83. The van der Waals surface area contributed by atoms with Gasteiger partial charge >= 0.3 is 12.0 Å². The molecule has 1 aliphatic heterocycles. The van der Waals surface area contributed by atoms with Crippen LogP contribution >= 0.6 is 0 Å². The standard InChI is InChI=1S/C26H31N3O5/c1-5-14-29-18(3)22(25(31)34-16-15-33-4)23(28-26(29)32)19-10-12-21(13-11-19)27-24(30)20-8-6-17(2)7-9-20/h6-13,23H,5,14-16H2,1-4H3,(H,27,30)(H,28,32). The molecule has 0 aromatic heterocycles. The van der Waals surface area contributed by atoms with Gasteiger partial charge in [-0.3, -0.25) is 9.69 Å². The number of benzene rings is 2. The number of hydrogen-bond donors (Lipinski definition) is 2. The highest BCUT2D eigenvalue weighted by atomic mass is 16.6. The second-order valence-electron chi connectivity index (χ2n) is 8.10. The minimum atomic E-state index is -0.669. The number of carbonyl (C=O) groups excluding carboxylic acids is 3. The molecule has 0 radical (unpaired) electrons. The third-order valence-electron chi connectivity index (χ3n) is 5.60. The fourth-order valence-electron chi connectivity index (χ4n) is 3.75. The van der Waals surface area contributed by atoms with Crippen LogP contribution in [0.4, 0.5) is 10.5 Å². The van der Waals surface area contributed by atoms with Crippen molar-refractivity contribution in [3.05, 3.63) is 76.5 Å². The van der Waals surface area contributed by atoms with Gasteiger partial charge in [-0.05, 0) is 50.1 Å². The lowest BCUT2D eigenvalue weighted by Crippen LogP contribution is -2.48. The van der Waals surface area contributed by atoms with Crippen LogP contribution in [0.5, 0.6) is 0 Å².